The van der Waals surface area contributed by atoms with E-state index in [0.29, 0.717) is 12.1 Å². The zero-order valence-corrected chi connectivity index (χ0v) is 13.2. The highest BCUT2D eigenvalue weighted by atomic mass is 35.5. The Bertz CT molecular complexity index is 538. The Labute approximate surface area is 129 Å². The summed E-state index contributed by atoms with van der Waals surface area (Å²) >= 11 is 5.99. The lowest BCUT2D eigenvalue weighted by Gasteiger charge is -2.24. The second-order valence-corrected chi connectivity index (χ2v) is 6.59. The van der Waals surface area contributed by atoms with Gasteiger partial charge >= 0.3 is 5.97 Å². The summed E-state index contributed by atoms with van der Waals surface area (Å²) in [5.74, 6) is -1.60. The van der Waals surface area contributed by atoms with E-state index in [1.807, 2.05) is 20.8 Å². The highest BCUT2D eigenvalue weighted by Crippen LogP contribution is 2.27. The highest BCUT2D eigenvalue weighted by Gasteiger charge is 2.24. The minimum absolute atomic E-state index is 0.0155. The number of rotatable bonds is 5. The molecule has 0 spiro atoms. The Morgan fingerprint density at radius 2 is 2.00 bits per heavy atom. The third-order valence-corrected chi connectivity index (χ3v) is 3.30. The molecule has 0 aliphatic carbocycles. The largest absolute Gasteiger partial charge is 0.478 e. The molecule has 0 aliphatic rings. The zero-order valence-electron chi connectivity index (χ0n) is 12.4. The topological polar surface area (TPSA) is 92.4 Å². The van der Waals surface area contributed by atoms with Crippen LogP contribution in [-0.2, 0) is 4.79 Å². The van der Waals surface area contributed by atoms with Gasteiger partial charge in [-0.2, -0.15) is 0 Å². The molecule has 1 atom stereocenters. The molecule has 0 fully saturated rings. The fraction of sp³-hybridized carbons (Fsp3) is 0.467. The first-order valence-corrected chi connectivity index (χ1v) is 7.05. The van der Waals surface area contributed by atoms with E-state index in [9.17, 15) is 9.59 Å². The number of halogens is 1. The van der Waals surface area contributed by atoms with Crippen LogP contribution in [0, 0.1) is 11.3 Å². The standard InChI is InChI=1S/C15H21ClN2O3/c1-15(2,3)7-10(8-17)13(19)18-12-5-4-9(14(20)21)6-11(12)16/h4-6,10H,7-8,17H2,1-3H3,(H,18,19)(H,20,21). The molecule has 4 N–H and O–H groups in total. The van der Waals surface area contributed by atoms with E-state index in [-0.39, 0.29) is 34.4 Å². The number of carboxylic acids is 1. The lowest BCUT2D eigenvalue weighted by molar-refractivity contribution is -0.120. The van der Waals surface area contributed by atoms with Crippen LogP contribution in [0.1, 0.15) is 37.6 Å². The number of hydrogen-bond donors (Lipinski definition) is 3. The number of aromatic carboxylic acids is 1. The second-order valence-electron chi connectivity index (χ2n) is 6.19. The molecule has 0 radical (unpaired) electrons. The molecule has 0 saturated heterocycles. The number of hydrogen-bond acceptors (Lipinski definition) is 3. The molecule has 0 heterocycles. The van der Waals surface area contributed by atoms with Gasteiger partial charge in [-0.15, -0.1) is 0 Å². The van der Waals surface area contributed by atoms with Crippen LogP contribution in [0.5, 0.6) is 0 Å². The van der Waals surface area contributed by atoms with Crippen molar-refractivity contribution in [1.29, 1.82) is 0 Å². The van der Waals surface area contributed by atoms with E-state index >= 15 is 0 Å². The van der Waals surface area contributed by atoms with E-state index < -0.39 is 5.97 Å². The van der Waals surface area contributed by atoms with Crippen molar-refractivity contribution in [2.24, 2.45) is 17.1 Å². The van der Waals surface area contributed by atoms with Crippen molar-refractivity contribution in [2.45, 2.75) is 27.2 Å². The van der Waals surface area contributed by atoms with Gasteiger partial charge in [-0.1, -0.05) is 32.4 Å². The van der Waals surface area contributed by atoms with Crippen LogP contribution in [0.2, 0.25) is 5.02 Å². The first-order chi connectivity index (χ1) is 9.64. The van der Waals surface area contributed by atoms with Gasteiger partial charge in [0.15, 0.2) is 0 Å². The third kappa shape index (κ3) is 5.36. The Morgan fingerprint density at radius 1 is 1.38 bits per heavy atom. The average Bonchev–Trinajstić information content (AvgIpc) is 2.36. The monoisotopic (exact) mass is 312 g/mol. The third-order valence-electron chi connectivity index (χ3n) is 2.99. The molecular weight excluding hydrogens is 292 g/mol. The van der Waals surface area contributed by atoms with Crippen LogP contribution in [0.4, 0.5) is 5.69 Å². The van der Waals surface area contributed by atoms with Gasteiger partial charge in [0.1, 0.15) is 0 Å². The van der Waals surface area contributed by atoms with Crippen molar-refractivity contribution in [2.75, 3.05) is 11.9 Å². The molecule has 6 heteroatoms. The van der Waals surface area contributed by atoms with Crippen molar-refractivity contribution in [3.05, 3.63) is 28.8 Å². The van der Waals surface area contributed by atoms with Gasteiger partial charge < -0.3 is 16.2 Å². The molecule has 1 rings (SSSR count). The number of carboxylic acid groups (broad SMARTS) is 1. The molecular formula is C15H21ClN2O3. The fourth-order valence-electron chi connectivity index (χ4n) is 2.01. The maximum atomic E-state index is 12.2. The smallest absolute Gasteiger partial charge is 0.335 e. The van der Waals surface area contributed by atoms with Gasteiger partial charge in [-0.05, 0) is 30.0 Å². The molecule has 5 nitrogen and oxygen atoms in total. The number of benzene rings is 1. The summed E-state index contributed by atoms with van der Waals surface area (Å²) in [5, 5.41) is 11.8. The predicted molar refractivity (Wildman–Crippen MR) is 83.7 cm³/mol. The minimum Gasteiger partial charge on any atom is -0.478 e. The fourth-order valence-corrected chi connectivity index (χ4v) is 2.23. The van der Waals surface area contributed by atoms with Gasteiger partial charge in [0.2, 0.25) is 5.91 Å². The average molecular weight is 313 g/mol. The summed E-state index contributed by atoms with van der Waals surface area (Å²) in [6.45, 7) is 6.36. The van der Waals surface area contributed by atoms with Crippen LogP contribution in [-0.4, -0.2) is 23.5 Å². The Kier molecular flexibility index (Phi) is 5.75. The molecule has 0 aromatic heterocycles. The first kappa shape index (κ1) is 17.5. The number of anilines is 1. The summed E-state index contributed by atoms with van der Waals surface area (Å²) in [6.07, 6.45) is 0.653. The molecule has 1 amide bonds. The van der Waals surface area contributed by atoms with E-state index in [0.717, 1.165) is 0 Å². The first-order valence-electron chi connectivity index (χ1n) is 6.68. The molecule has 1 unspecified atom stereocenters. The SMILES string of the molecule is CC(C)(C)CC(CN)C(=O)Nc1ccc(C(=O)O)cc1Cl. The number of carbonyl (C=O) groups excluding carboxylic acids is 1. The lowest BCUT2D eigenvalue weighted by atomic mass is 9.84. The van der Waals surface area contributed by atoms with Gasteiger partial charge in [-0.3, -0.25) is 4.79 Å². The van der Waals surface area contributed by atoms with Crippen molar-refractivity contribution in [3.63, 3.8) is 0 Å². The Morgan fingerprint density at radius 3 is 2.43 bits per heavy atom. The van der Waals surface area contributed by atoms with Crippen LogP contribution in [0.15, 0.2) is 18.2 Å². The summed E-state index contributed by atoms with van der Waals surface area (Å²) in [5.41, 5.74) is 6.11. The maximum absolute atomic E-state index is 12.2. The molecule has 21 heavy (non-hydrogen) atoms. The summed E-state index contributed by atoms with van der Waals surface area (Å²) in [6, 6.07) is 4.18. The minimum atomic E-state index is -1.07. The molecule has 0 saturated carbocycles. The Balaban J connectivity index is 2.84. The normalized spacial score (nSPS) is 12.8. The quantitative estimate of drug-likeness (QED) is 0.779. The predicted octanol–water partition coefficient (Wildman–Crippen LogP) is 2.99. The van der Waals surface area contributed by atoms with E-state index in [1.54, 1.807) is 0 Å². The maximum Gasteiger partial charge on any atom is 0.335 e. The van der Waals surface area contributed by atoms with E-state index in [4.69, 9.17) is 22.4 Å². The lowest BCUT2D eigenvalue weighted by Crippen LogP contribution is -2.32. The van der Waals surface area contributed by atoms with Crippen molar-refractivity contribution in [3.8, 4) is 0 Å². The van der Waals surface area contributed by atoms with Gasteiger partial charge in [-0.25, -0.2) is 4.79 Å². The van der Waals surface area contributed by atoms with E-state index in [1.165, 1.54) is 18.2 Å². The van der Waals surface area contributed by atoms with Crippen molar-refractivity contribution in [1.82, 2.24) is 0 Å². The molecule has 1 aromatic carbocycles. The number of nitrogens with two attached hydrogens (primary N) is 1. The van der Waals surface area contributed by atoms with Gasteiger partial charge in [0.05, 0.1) is 22.2 Å². The van der Waals surface area contributed by atoms with Crippen LogP contribution < -0.4 is 11.1 Å². The Hall–Kier alpha value is -1.59. The molecule has 1 aromatic rings. The second kappa shape index (κ2) is 6.91. The summed E-state index contributed by atoms with van der Waals surface area (Å²) in [7, 11) is 0. The van der Waals surface area contributed by atoms with E-state index in [2.05, 4.69) is 5.32 Å². The number of nitrogens with one attached hydrogen (secondary N) is 1. The van der Waals surface area contributed by atoms with Crippen LogP contribution in [0.25, 0.3) is 0 Å². The summed E-state index contributed by atoms with van der Waals surface area (Å²) in [4.78, 5) is 23.1. The molecule has 0 aliphatic heterocycles. The van der Waals surface area contributed by atoms with Crippen molar-refractivity contribution >= 4 is 29.2 Å². The number of carbonyl (C=O) groups is 2. The van der Waals surface area contributed by atoms with Gasteiger partial charge in [0, 0.05) is 6.54 Å². The molecule has 0 bridgehead atoms. The molecule has 116 valence electrons. The van der Waals surface area contributed by atoms with Crippen LogP contribution >= 0.6 is 11.6 Å². The number of amides is 1. The highest BCUT2D eigenvalue weighted by molar-refractivity contribution is 6.34. The zero-order chi connectivity index (χ0) is 16.2. The van der Waals surface area contributed by atoms with Crippen molar-refractivity contribution < 1.29 is 14.7 Å². The van der Waals surface area contributed by atoms with Gasteiger partial charge in [0.25, 0.3) is 0 Å². The summed E-state index contributed by atoms with van der Waals surface area (Å²) < 4.78 is 0. The van der Waals surface area contributed by atoms with Crippen LogP contribution in [0.3, 0.4) is 0 Å².